The number of pyridine rings is 1. The van der Waals surface area contributed by atoms with Crippen LogP contribution in [-0.2, 0) is 6.42 Å². The lowest BCUT2D eigenvalue weighted by Gasteiger charge is -2.26. The number of fused-ring (bicyclic) bond motifs is 1. The van der Waals surface area contributed by atoms with E-state index in [2.05, 4.69) is 61.6 Å². The summed E-state index contributed by atoms with van der Waals surface area (Å²) in [5.41, 5.74) is 7.64. The van der Waals surface area contributed by atoms with E-state index >= 15 is 0 Å². The Bertz CT molecular complexity index is 1520. The number of nitrogens with one attached hydrogen (secondary N) is 2. The van der Waals surface area contributed by atoms with E-state index in [-0.39, 0.29) is 5.91 Å². The van der Waals surface area contributed by atoms with Crippen molar-refractivity contribution in [1.29, 1.82) is 0 Å². The lowest BCUT2D eigenvalue weighted by Crippen LogP contribution is -2.32. The predicted octanol–water partition coefficient (Wildman–Crippen LogP) is 5.47. The Balaban J connectivity index is 1.14. The van der Waals surface area contributed by atoms with Gasteiger partial charge >= 0.3 is 0 Å². The molecule has 0 saturated carbocycles. The molecule has 1 fully saturated rings. The van der Waals surface area contributed by atoms with Crippen LogP contribution in [0.5, 0.6) is 0 Å². The molecule has 6 rings (SSSR count). The van der Waals surface area contributed by atoms with Gasteiger partial charge in [-0.15, -0.1) is 0 Å². The Labute approximate surface area is 235 Å². The van der Waals surface area contributed by atoms with Gasteiger partial charge in [0, 0.05) is 66.3 Å². The number of amides is 1. The van der Waals surface area contributed by atoms with E-state index in [9.17, 15) is 4.79 Å². The highest BCUT2D eigenvalue weighted by molar-refractivity contribution is 6.04. The van der Waals surface area contributed by atoms with Gasteiger partial charge in [-0.1, -0.05) is 12.1 Å². The molecule has 0 spiro atoms. The maximum Gasteiger partial charge on any atom is 0.255 e. The Hall–Kier alpha value is -4.14. The SMILES string of the molecule is Cc1ccc(NC(=O)c2ccc3c(c2)CCC3N2CC[C@H](N(C)C)C2)cc1Nc1nccc(-c2cccnc2)n1. The van der Waals surface area contributed by atoms with Crippen LogP contribution in [0, 0.1) is 6.92 Å². The molecular formula is C32H35N7O. The summed E-state index contributed by atoms with van der Waals surface area (Å²) in [5.74, 6) is 0.376. The number of rotatable bonds is 7. The predicted molar refractivity (Wildman–Crippen MR) is 159 cm³/mol. The van der Waals surface area contributed by atoms with Crippen LogP contribution >= 0.6 is 0 Å². The van der Waals surface area contributed by atoms with Gasteiger partial charge in [0.1, 0.15) is 0 Å². The number of aromatic nitrogens is 3. The summed E-state index contributed by atoms with van der Waals surface area (Å²) >= 11 is 0. The Morgan fingerprint density at radius 3 is 2.75 bits per heavy atom. The molecule has 1 saturated heterocycles. The standard InChI is InChI=1S/C32H35N7O/c1-21-6-9-25(18-29(21)37-32-34-15-12-28(36-32)24-5-4-14-33-19-24)35-31(40)23-7-10-27-22(17-23)8-11-30(27)39-16-13-26(20-39)38(2)3/h4-7,9-10,12,14-15,17-19,26,30H,8,11,13,16,20H2,1-3H3,(H,35,40)(H,34,36,37)/t26-,30?/m0/s1. The van der Waals surface area contributed by atoms with Gasteiger partial charge in [-0.25, -0.2) is 9.97 Å². The summed E-state index contributed by atoms with van der Waals surface area (Å²) in [6, 6.07) is 18.8. The van der Waals surface area contributed by atoms with Crippen molar-refractivity contribution in [3.05, 3.63) is 95.4 Å². The molecule has 1 unspecified atom stereocenters. The van der Waals surface area contributed by atoms with Gasteiger partial charge in [0.05, 0.1) is 5.69 Å². The van der Waals surface area contributed by atoms with Crippen LogP contribution in [0.1, 0.15) is 45.9 Å². The lowest BCUT2D eigenvalue weighted by molar-refractivity contribution is 0.102. The Kier molecular flexibility index (Phi) is 7.28. The lowest BCUT2D eigenvalue weighted by atomic mass is 10.0. The quantitative estimate of drug-likeness (QED) is 0.326. The van der Waals surface area contributed by atoms with E-state index < -0.39 is 0 Å². The smallest absolute Gasteiger partial charge is 0.255 e. The molecule has 8 heteroatoms. The fourth-order valence-electron chi connectivity index (χ4n) is 5.84. The minimum absolute atomic E-state index is 0.107. The number of aryl methyl sites for hydroxylation is 2. The van der Waals surface area contributed by atoms with Gasteiger partial charge in [0.15, 0.2) is 0 Å². The van der Waals surface area contributed by atoms with E-state index in [4.69, 9.17) is 0 Å². The zero-order valence-electron chi connectivity index (χ0n) is 23.3. The first kappa shape index (κ1) is 26.1. The number of nitrogens with zero attached hydrogens (tertiary/aromatic N) is 5. The number of hydrogen-bond donors (Lipinski definition) is 2. The largest absolute Gasteiger partial charge is 0.324 e. The average molecular weight is 534 g/mol. The van der Waals surface area contributed by atoms with Crippen molar-refractivity contribution in [2.75, 3.05) is 37.8 Å². The van der Waals surface area contributed by atoms with Gasteiger partial charge in [-0.2, -0.15) is 0 Å². The number of likely N-dealkylation sites (N-methyl/N-ethyl adjacent to an activating group) is 1. The van der Waals surface area contributed by atoms with Crippen LogP contribution < -0.4 is 10.6 Å². The molecule has 2 atom stereocenters. The number of anilines is 3. The van der Waals surface area contributed by atoms with Gasteiger partial charge in [0.25, 0.3) is 5.91 Å². The summed E-state index contributed by atoms with van der Waals surface area (Å²) in [4.78, 5) is 31.4. The first-order valence-corrected chi connectivity index (χ1v) is 13.9. The monoisotopic (exact) mass is 533 g/mol. The molecular weight excluding hydrogens is 498 g/mol. The molecule has 1 aliphatic heterocycles. The van der Waals surface area contributed by atoms with Crippen molar-refractivity contribution in [2.45, 2.75) is 38.3 Å². The molecule has 1 amide bonds. The third-order valence-electron chi connectivity index (χ3n) is 8.17. The van der Waals surface area contributed by atoms with Gasteiger partial charge in [-0.05, 0) is 99.4 Å². The second-order valence-corrected chi connectivity index (χ2v) is 11.0. The minimum atomic E-state index is -0.107. The van der Waals surface area contributed by atoms with Gasteiger partial charge < -0.3 is 15.5 Å². The summed E-state index contributed by atoms with van der Waals surface area (Å²) in [6.45, 7) is 4.26. The average Bonchev–Trinajstić information content (AvgIpc) is 3.63. The van der Waals surface area contributed by atoms with E-state index in [1.165, 1.54) is 17.5 Å². The van der Waals surface area contributed by atoms with Crippen LogP contribution in [-0.4, -0.2) is 63.9 Å². The van der Waals surface area contributed by atoms with Crippen LogP contribution in [0.4, 0.5) is 17.3 Å². The zero-order chi connectivity index (χ0) is 27.6. The van der Waals surface area contributed by atoms with Crippen molar-refractivity contribution >= 4 is 23.2 Å². The highest BCUT2D eigenvalue weighted by Crippen LogP contribution is 2.38. The fraction of sp³-hybridized carbons (Fsp3) is 0.312. The molecule has 2 aliphatic rings. The van der Waals surface area contributed by atoms with Crippen molar-refractivity contribution in [3.63, 3.8) is 0 Å². The van der Waals surface area contributed by atoms with Crippen molar-refractivity contribution < 1.29 is 4.79 Å². The first-order chi connectivity index (χ1) is 19.4. The summed E-state index contributed by atoms with van der Waals surface area (Å²) in [7, 11) is 4.34. The molecule has 3 heterocycles. The van der Waals surface area contributed by atoms with Crippen LogP contribution in [0.3, 0.4) is 0 Å². The number of carbonyl (C=O) groups is 1. The first-order valence-electron chi connectivity index (χ1n) is 13.9. The van der Waals surface area contributed by atoms with Gasteiger partial charge in [0.2, 0.25) is 5.95 Å². The van der Waals surface area contributed by atoms with E-state index in [0.717, 1.165) is 48.4 Å². The topological polar surface area (TPSA) is 86.3 Å². The van der Waals surface area contributed by atoms with Crippen molar-refractivity contribution in [3.8, 4) is 11.3 Å². The normalized spacial score (nSPS) is 18.6. The number of benzene rings is 2. The van der Waals surface area contributed by atoms with Crippen molar-refractivity contribution in [1.82, 2.24) is 24.8 Å². The molecule has 1 aliphatic carbocycles. The van der Waals surface area contributed by atoms with E-state index in [1.807, 2.05) is 49.4 Å². The molecule has 0 bridgehead atoms. The third-order valence-corrected chi connectivity index (χ3v) is 8.17. The Morgan fingerprint density at radius 2 is 1.95 bits per heavy atom. The third kappa shape index (κ3) is 5.46. The molecule has 4 aromatic rings. The number of likely N-dealkylation sites (tertiary alicyclic amines) is 1. The Morgan fingerprint density at radius 1 is 1.05 bits per heavy atom. The molecule has 2 aromatic carbocycles. The molecule has 204 valence electrons. The summed E-state index contributed by atoms with van der Waals surface area (Å²) < 4.78 is 0. The minimum Gasteiger partial charge on any atom is -0.324 e. The summed E-state index contributed by atoms with van der Waals surface area (Å²) in [5, 5.41) is 6.39. The zero-order valence-corrected chi connectivity index (χ0v) is 23.3. The van der Waals surface area contributed by atoms with E-state index in [0.29, 0.717) is 29.3 Å². The molecule has 8 nitrogen and oxygen atoms in total. The maximum atomic E-state index is 13.2. The van der Waals surface area contributed by atoms with Crippen LogP contribution in [0.2, 0.25) is 0 Å². The maximum absolute atomic E-state index is 13.2. The van der Waals surface area contributed by atoms with Crippen LogP contribution in [0.15, 0.2) is 73.2 Å². The highest BCUT2D eigenvalue weighted by Gasteiger charge is 2.34. The molecule has 2 aromatic heterocycles. The number of carbonyl (C=O) groups excluding carboxylic acids is 1. The van der Waals surface area contributed by atoms with Crippen molar-refractivity contribution in [2.24, 2.45) is 0 Å². The number of hydrogen-bond acceptors (Lipinski definition) is 7. The molecule has 40 heavy (non-hydrogen) atoms. The molecule has 2 N–H and O–H groups in total. The summed E-state index contributed by atoms with van der Waals surface area (Å²) in [6.07, 6.45) is 8.59. The molecule has 0 radical (unpaired) electrons. The second-order valence-electron chi connectivity index (χ2n) is 11.0. The second kappa shape index (κ2) is 11.2. The van der Waals surface area contributed by atoms with Gasteiger partial charge in [-0.3, -0.25) is 14.7 Å². The highest BCUT2D eigenvalue weighted by atomic mass is 16.1. The van der Waals surface area contributed by atoms with Crippen LogP contribution in [0.25, 0.3) is 11.3 Å². The fourth-order valence-corrected chi connectivity index (χ4v) is 5.84. The van der Waals surface area contributed by atoms with E-state index in [1.54, 1.807) is 18.6 Å².